The molecule has 154 valence electrons. The van der Waals surface area contributed by atoms with Crippen LogP contribution in [-0.4, -0.2) is 68.9 Å². The summed E-state index contributed by atoms with van der Waals surface area (Å²) in [7, 11) is -0.618. The molecule has 0 radical (unpaired) electrons. The van der Waals surface area contributed by atoms with Gasteiger partial charge >= 0.3 is 5.69 Å². The van der Waals surface area contributed by atoms with Crippen molar-refractivity contribution in [3.05, 3.63) is 34.4 Å². The molecular formula is C18H25N8O2P. The molecule has 1 aliphatic rings. The summed E-state index contributed by atoms with van der Waals surface area (Å²) in [5, 5.41) is 3.43. The SMILES string of the molecule is CN1CCC(Nc2ccc(Cn3c(=O)[nH]c4c(N)nc(P(C)(C)=O)nc43)cn2)C1. The summed E-state index contributed by atoms with van der Waals surface area (Å²) in [5.41, 5.74) is 7.31. The van der Waals surface area contributed by atoms with Crippen molar-refractivity contribution in [3.8, 4) is 0 Å². The van der Waals surface area contributed by atoms with Gasteiger partial charge in [-0.1, -0.05) is 6.07 Å². The van der Waals surface area contributed by atoms with E-state index in [0.29, 0.717) is 17.2 Å². The van der Waals surface area contributed by atoms with Crippen LogP contribution in [0.25, 0.3) is 11.2 Å². The number of H-pyrrole nitrogens is 1. The molecule has 1 atom stereocenters. The van der Waals surface area contributed by atoms with E-state index in [0.717, 1.165) is 30.9 Å². The number of nitrogens with two attached hydrogens (primary N) is 1. The maximum Gasteiger partial charge on any atom is 0.328 e. The van der Waals surface area contributed by atoms with Gasteiger partial charge in [-0.15, -0.1) is 0 Å². The van der Waals surface area contributed by atoms with Gasteiger partial charge in [0.05, 0.1) is 6.54 Å². The zero-order valence-corrected chi connectivity index (χ0v) is 17.6. The molecule has 29 heavy (non-hydrogen) atoms. The van der Waals surface area contributed by atoms with Crippen LogP contribution in [0.4, 0.5) is 11.6 Å². The lowest BCUT2D eigenvalue weighted by Gasteiger charge is -2.13. The first-order chi connectivity index (χ1) is 13.7. The Morgan fingerprint density at radius 3 is 2.76 bits per heavy atom. The van der Waals surface area contributed by atoms with Crippen molar-refractivity contribution in [1.29, 1.82) is 0 Å². The van der Waals surface area contributed by atoms with Crippen LogP contribution >= 0.6 is 7.14 Å². The van der Waals surface area contributed by atoms with E-state index in [1.165, 1.54) is 4.57 Å². The van der Waals surface area contributed by atoms with Crippen LogP contribution in [0.15, 0.2) is 23.1 Å². The molecule has 0 bridgehead atoms. The number of aromatic amines is 1. The Bertz CT molecular complexity index is 1150. The van der Waals surface area contributed by atoms with E-state index in [4.69, 9.17) is 5.73 Å². The summed E-state index contributed by atoms with van der Waals surface area (Å²) >= 11 is 0. The second-order valence-electron chi connectivity index (χ2n) is 7.92. The largest absolute Gasteiger partial charge is 0.382 e. The summed E-state index contributed by atoms with van der Waals surface area (Å²) in [6.45, 7) is 5.48. The van der Waals surface area contributed by atoms with E-state index < -0.39 is 7.14 Å². The average Bonchev–Trinajstić information content (AvgIpc) is 3.20. The lowest BCUT2D eigenvalue weighted by atomic mass is 10.2. The second-order valence-corrected chi connectivity index (χ2v) is 11.0. The van der Waals surface area contributed by atoms with Crippen molar-refractivity contribution in [2.75, 3.05) is 44.5 Å². The quantitative estimate of drug-likeness (QED) is 0.512. The summed E-state index contributed by atoms with van der Waals surface area (Å²) in [4.78, 5) is 30.4. The van der Waals surface area contributed by atoms with Gasteiger partial charge in [0.1, 0.15) is 18.5 Å². The Kier molecular flexibility index (Phi) is 4.92. The second kappa shape index (κ2) is 7.27. The van der Waals surface area contributed by atoms with Gasteiger partial charge in [-0.2, -0.15) is 0 Å². The molecular weight excluding hydrogens is 391 g/mol. The molecule has 0 amide bonds. The monoisotopic (exact) mass is 416 g/mol. The molecule has 4 rings (SSSR count). The average molecular weight is 416 g/mol. The van der Waals surface area contributed by atoms with E-state index in [-0.39, 0.29) is 23.6 Å². The molecule has 4 heterocycles. The van der Waals surface area contributed by atoms with Gasteiger partial charge in [-0.05, 0) is 45.0 Å². The van der Waals surface area contributed by atoms with Gasteiger partial charge in [0.2, 0.25) is 0 Å². The molecule has 1 unspecified atom stereocenters. The Balaban J connectivity index is 1.60. The van der Waals surface area contributed by atoms with Crippen molar-refractivity contribution >= 4 is 35.5 Å². The van der Waals surface area contributed by atoms with Crippen molar-refractivity contribution < 1.29 is 4.57 Å². The highest BCUT2D eigenvalue weighted by Gasteiger charge is 2.21. The number of hydrogen-bond acceptors (Lipinski definition) is 8. The summed E-state index contributed by atoms with van der Waals surface area (Å²) in [5.74, 6) is 0.927. The van der Waals surface area contributed by atoms with Crippen LogP contribution in [-0.2, 0) is 11.1 Å². The Morgan fingerprint density at radius 2 is 2.14 bits per heavy atom. The van der Waals surface area contributed by atoms with Crippen LogP contribution in [0.5, 0.6) is 0 Å². The minimum Gasteiger partial charge on any atom is -0.382 e. The van der Waals surface area contributed by atoms with Gasteiger partial charge in [-0.25, -0.2) is 19.7 Å². The number of pyridine rings is 1. The third kappa shape index (κ3) is 4.04. The highest BCUT2D eigenvalue weighted by atomic mass is 31.2. The fourth-order valence-corrected chi connectivity index (χ4v) is 4.16. The first-order valence-electron chi connectivity index (χ1n) is 9.42. The minimum absolute atomic E-state index is 0.115. The first-order valence-corrected chi connectivity index (χ1v) is 12.0. The molecule has 1 saturated heterocycles. The molecule has 11 heteroatoms. The molecule has 3 aromatic rings. The fourth-order valence-electron chi connectivity index (χ4n) is 3.48. The number of hydrogen-bond donors (Lipinski definition) is 3. The maximum absolute atomic E-state index is 12.5. The van der Waals surface area contributed by atoms with E-state index >= 15 is 0 Å². The maximum atomic E-state index is 12.5. The van der Waals surface area contributed by atoms with Gasteiger partial charge in [-0.3, -0.25) is 4.57 Å². The summed E-state index contributed by atoms with van der Waals surface area (Å²) in [6.07, 6.45) is 2.83. The van der Waals surface area contributed by atoms with Gasteiger partial charge in [0.15, 0.2) is 17.0 Å². The van der Waals surface area contributed by atoms with E-state index in [1.54, 1.807) is 19.5 Å². The number of nitrogens with zero attached hydrogens (tertiary/aromatic N) is 5. The zero-order chi connectivity index (χ0) is 20.8. The number of fused-ring (bicyclic) bond motifs is 1. The van der Waals surface area contributed by atoms with E-state index in [2.05, 4.69) is 37.2 Å². The Labute approximate surface area is 167 Å². The number of imidazole rings is 1. The highest BCUT2D eigenvalue weighted by molar-refractivity contribution is 7.69. The smallest absolute Gasteiger partial charge is 0.328 e. The lowest BCUT2D eigenvalue weighted by Crippen LogP contribution is -2.24. The van der Waals surface area contributed by atoms with E-state index in [9.17, 15) is 9.36 Å². The predicted octanol–water partition coefficient (Wildman–Crippen LogP) is 0.509. The molecule has 0 saturated carbocycles. The number of likely N-dealkylation sites (N-methyl/N-ethyl adjacent to an activating group) is 1. The van der Waals surface area contributed by atoms with Crippen LogP contribution < -0.4 is 22.3 Å². The van der Waals surface area contributed by atoms with Crippen molar-refractivity contribution in [2.24, 2.45) is 0 Å². The summed E-state index contributed by atoms with van der Waals surface area (Å²) in [6, 6.07) is 4.23. The highest BCUT2D eigenvalue weighted by Crippen LogP contribution is 2.33. The Hall–Kier alpha value is -2.71. The lowest BCUT2D eigenvalue weighted by molar-refractivity contribution is 0.414. The Morgan fingerprint density at radius 1 is 1.34 bits per heavy atom. The molecule has 1 aliphatic heterocycles. The first kappa shape index (κ1) is 19.6. The third-order valence-corrected chi connectivity index (χ3v) is 6.19. The number of aromatic nitrogens is 5. The van der Waals surface area contributed by atoms with Crippen molar-refractivity contribution in [1.82, 2.24) is 29.4 Å². The topological polar surface area (TPSA) is 135 Å². The number of rotatable bonds is 5. The standard InChI is InChI=1S/C18H25N8O2P/c1-25-7-6-12(10-25)21-13-5-4-11(8-20-13)9-26-16-14(22-18(26)27)15(19)23-17(24-16)29(2,3)28/h4-5,8,12H,6-7,9-10H2,1-3H3,(H,20,21)(H,22,27)(H2,19,23,24). The molecule has 0 spiro atoms. The zero-order valence-electron chi connectivity index (χ0n) is 16.7. The van der Waals surface area contributed by atoms with Gasteiger partial charge < -0.3 is 25.5 Å². The number of nitrogens with one attached hydrogen (secondary N) is 2. The van der Waals surface area contributed by atoms with Crippen LogP contribution in [0.2, 0.25) is 0 Å². The van der Waals surface area contributed by atoms with Crippen LogP contribution in [0.3, 0.4) is 0 Å². The molecule has 1 fully saturated rings. The molecule has 0 aliphatic carbocycles. The van der Waals surface area contributed by atoms with Crippen LogP contribution in [0, 0.1) is 0 Å². The number of likely N-dealkylation sites (tertiary alicyclic amines) is 1. The van der Waals surface area contributed by atoms with Crippen molar-refractivity contribution in [2.45, 2.75) is 19.0 Å². The molecule has 0 aromatic carbocycles. The fraction of sp³-hybridized carbons (Fsp3) is 0.444. The van der Waals surface area contributed by atoms with Gasteiger partial charge in [0.25, 0.3) is 0 Å². The molecule has 3 aromatic heterocycles. The molecule has 10 nitrogen and oxygen atoms in total. The number of anilines is 2. The normalized spacial score (nSPS) is 17.8. The summed E-state index contributed by atoms with van der Waals surface area (Å²) < 4.78 is 13.9. The predicted molar refractivity (Wildman–Crippen MR) is 115 cm³/mol. The van der Waals surface area contributed by atoms with Crippen LogP contribution in [0.1, 0.15) is 12.0 Å². The molecule has 4 N–H and O–H groups in total. The number of nitrogen functional groups attached to an aromatic ring is 1. The van der Waals surface area contributed by atoms with Crippen molar-refractivity contribution in [3.63, 3.8) is 0 Å². The minimum atomic E-state index is -2.72. The van der Waals surface area contributed by atoms with Gasteiger partial charge in [0, 0.05) is 18.8 Å². The van der Waals surface area contributed by atoms with E-state index in [1.807, 2.05) is 12.1 Å². The third-order valence-electron chi connectivity index (χ3n) is 5.03.